The fourth-order valence-corrected chi connectivity index (χ4v) is 4.19. The number of carbonyl (C=O) groups is 6. The molecular weight excluding hydrogens is 522 g/mol. The summed E-state index contributed by atoms with van der Waals surface area (Å²) in [4.78, 5) is 83.1. The zero-order valence-electron chi connectivity index (χ0n) is 23.4. The quantitative estimate of drug-likeness (QED) is 0.127. The fourth-order valence-electron chi connectivity index (χ4n) is 4.19. The molecule has 1 aromatic rings. The van der Waals surface area contributed by atoms with E-state index >= 15 is 0 Å². The van der Waals surface area contributed by atoms with Crippen LogP contribution in [-0.2, 0) is 35.2 Å². The van der Waals surface area contributed by atoms with Gasteiger partial charge >= 0.3 is 0 Å². The summed E-state index contributed by atoms with van der Waals surface area (Å²) in [6, 6.07) is -4.52. The van der Waals surface area contributed by atoms with Gasteiger partial charge in [0.2, 0.25) is 35.4 Å². The Balaban J connectivity index is 1.91. The van der Waals surface area contributed by atoms with E-state index in [1.54, 1.807) is 13.1 Å². The molecule has 9 N–H and O–H groups in total. The van der Waals surface area contributed by atoms with Gasteiger partial charge in [0.05, 0.1) is 18.9 Å². The minimum Gasteiger partial charge on any atom is -0.368 e. The number of hydrogen-bond acceptors (Lipinski definition) is 8. The lowest BCUT2D eigenvalue weighted by Gasteiger charge is -2.29. The standard InChI is InChI=1S/C25H41N9O6/c1-5-13(2)20(25(40)31-14(3)21(27)36)33-24(39)18-7-6-8-34(18)19(35)11-29-22(37)15(4)32-23(38)17(26)9-16-10-28-12-30-16/h10,12-15,17-18,20H,5-9,11,26H2,1-4H3,(H2,27,36)(H,28,30)(H,29,37)(H,31,40)(H,32,38)(H,33,39). The van der Waals surface area contributed by atoms with Gasteiger partial charge in [-0.1, -0.05) is 20.3 Å². The maximum atomic E-state index is 13.1. The van der Waals surface area contributed by atoms with E-state index in [0.29, 0.717) is 31.5 Å². The molecule has 1 aliphatic rings. The predicted octanol–water partition coefficient (Wildman–Crippen LogP) is -2.59. The molecule has 222 valence electrons. The van der Waals surface area contributed by atoms with Crippen molar-refractivity contribution in [3.8, 4) is 0 Å². The number of amides is 6. The van der Waals surface area contributed by atoms with E-state index in [0.717, 1.165) is 0 Å². The second kappa shape index (κ2) is 15.0. The van der Waals surface area contributed by atoms with Crippen LogP contribution in [0.1, 0.15) is 52.7 Å². The smallest absolute Gasteiger partial charge is 0.243 e. The van der Waals surface area contributed by atoms with E-state index in [-0.39, 0.29) is 18.9 Å². The first kappa shape index (κ1) is 32.2. The van der Waals surface area contributed by atoms with Crippen molar-refractivity contribution in [2.45, 2.75) is 83.6 Å². The molecular formula is C25H41N9O6. The highest BCUT2D eigenvalue weighted by Crippen LogP contribution is 2.19. The number of H-pyrrole nitrogens is 1. The molecule has 0 saturated carbocycles. The molecule has 0 bridgehead atoms. The van der Waals surface area contributed by atoms with Gasteiger partial charge in [-0.25, -0.2) is 4.98 Å². The zero-order valence-corrected chi connectivity index (χ0v) is 23.4. The van der Waals surface area contributed by atoms with Crippen LogP contribution in [-0.4, -0.2) is 93.6 Å². The average molecular weight is 564 g/mol. The number of hydrogen-bond donors (Lipinski definition) is 7. The number of primary amides is 1. The summed E-state index contributed by atoms with van der Waals surface area (Å²) in [5.74, 6) is -3.61. The number of aromatic amines is 1. The van der Waals surface area contributed by atoms with Gasteiger partial charge in [0, 0.05) is 24.9 Å². The minimum absolute atomic E-state index is 0.209. The maximum absolute atomic E-state index is 13.1. The maximum Gasteiger partial charge on any atom is 0.243 e. The van der Waals surface area contributed by atoms with Crippen LogP contribution >= 0.6 is 0 Å². The topological polar surface area (TPSA) is 235 Å². The van der Waals surface area contributed by atoms with Gasteiger partial charge in [0.15, 0.2) is 0 Å². The van der Waals surface area contributed by atoms with Crippen molar-refractivity contribution in [1.82, 2.24) is 36.1 Å². The average Bonchev–Trinajstić information content (AvgIpc) is 3.61. The van der Waals surface area contributed by atoms with Crippen LogP contribution in [0.25, 0.3) is 0 Å². The molecule has 6 unspecified atom stereocenters. The second-order valence-electron chi connectivity index (χ2n) is 10.1. The molecule has 1 aliphatic heterocycles. The highest BCUT2D eigenvalue weighted by Gasteiger charge is 2.37. The summed E-state index contributed by atoms with van der Waals surface area (Å²) in [7, 11) is 0. The van der Waals surface area contributed by atoms with Gasteiger partial charge in [0.25, 0.3) is 0 Å². The van der Waals surface area contributed by atoms with Crippen LogP contribution in [0.2, 0.25) is 0 Å². The van der Waals surface area contributed by atoms with Crippen LogP contribution < -0.4 is 32.7 Å². The summed E-state index contributed by atoms with van der Waals surface area (Å²) in [5, 5.41) is 10.2. The van der Waals surface area contributed by atoms with E-state index in [2.05, 4.69) is 31.2 Å². The lowest BCUT2D eigenvalue weighted by molar-refractivity contribution is -0.140. The van der Waals surface area contributed by atoms with Gasteiger partial charge < -0.3 is 42.6 Å². The van der Waals surface area contributed by atoms with Crippen LogP contribution in [0.4, 0.5) is 0 Å². The number of nitrogens with zero attached hydrogens (tertiary/aromatic N) is 2. The van der Waals surface area contributed by atoms with Crippen molar-refractivity contribution in [2.24, 2.45) is 17.4 Å². The minimum atomic E-state index is -0.955. The zero-order chi connectivity index (χ0) is 30.0. The third-order valence-corrected chi connectivity index (χ3v) is 6.95. The molecule has 0 aromatic carbocycles. The molecule has 40 heavy (non-hydrogen) atoms. The van der Waals surface area contributed by atoms with Gasteiger partial charge in [-0.2, -0.15) is 0 Å². The van der Waals surface area contributed by atoms with E-state index < -0.39 is 65.7 Å². The van der Waals surface area contributed by atoms with E-state index in [1.165, 1.54) is 25.1 Å². The van der Waals surface area contributed by atoms with Crippen molar-refractivity contribution < 1.29 is 28.8 Å². The number of nitrogens with one attached hydrogen (secondary N) is 5. The Morgan fingerprint density at radius 2 is 1.73 bits per heavy atom. The van der Waals surface area contributed by atoms with Gasteiger partial charge in [-0.15, -0.1) is 0 Å². The third kappa shape index (κ3) is 9.03. The third-order valence-electron chi connectivity index (χ3n) is 6.95. The molecule has 0 radical (unpaired) electrons. The number of aromatic nitrogens is 2. The first-order valence-electron chi connectivity index (χ1n) is 13.4. The first-order valence-corrected chi connectivity index (χ1v) is 13.4. The lowest BCUT2D eigenvalue weighted by atomic mass is 9.97. The number of carbonyl (C=O) groups excluding carboxylic acids is 6. The molecule has 1 saturated heterocycles. The van der Waals surface area contributed by atoms with Crippen LogP contribution in [0, 0.1) is 5.92 Å². The Bertz CT molecular complexity index is 1060. The van der Waals surface area contributed by atoms with Crippen molar-refractivity contribution in [2.75, 3.05) is 13.1 Å². The Morgan fingerprint density at radius 3 is 2.33 bits per heavy atom. The number of nitrogens with two attached hydrogens (primary N) is 2. The monoisotopic (exact) mass is 563 g/mol. The summed E-state index contributed by atoms with van der Waals surface area (Å²) in [5.41, 5.74) is 11.8. The summed E-state index contributed by atoms with van der Waals surface area (Å²) < 4.78 is 0. The van der Waals surface area contributed by atoms with Crippen molar-refractivity contribution >= 4 is 35.4 Å². The first-order chi connectivity index (χ1) is 18.8. The molecule has 1 fully saturated rings. The number of rotatable bonds is 14. The van der Waals surface area contributed by atoms with Gasteiger partial charge in [-0.3, -0.25) is 28.8 Å². The Hall–Kier alpha value is -4.01. The van der Waals surface area contributed by atoms with E-state index in [1.807, 2.05) is 6.92 Å². The van der Waals surface area contributed by atoms with Crippen LogP contribution in [0.5, 0.6) is 0 Å². The number of imidazole rings is 1. The van der Waals surface area contributed by atoms with Crippen molar-refractivity contribution in [3.05, 3.63) is 18.2 Å². The second-order valence-corrected chi connectivity index (χ2v) is 10.1. The number of likely N-dealkylation sites (tertiary alicyclic amines) is 1. The van der Waals surface area contributed by atoms with Crippen LogP contribution in [0.3, 0.4) is 0 Å². The summed E-state index contributed by atoms with van der Waals surface area (Å²) in [6.45, 7) is 6.49. The van der Waals surface area contributed by atoms with Gasteiger partial charge in [-0.05, 0) is 32.6 Å². The molecule has 15 heteroatoms. The molecule has 2 heterocycles. The highest BCUT2D eigenvalue weighted by molar-refractivity contribution is 5.95. The largest absolute Gasteiger partial charge is 0.368 e. The Labute approximate surface area is 232 Å². The van der Waals surface area contributed by atoms with Gasteiger partial charge in [0.1, 0.15) is 24.2 Å². The summed E-state index contributed by atoms with van der Waals surface area (Å²) in [6.07, 6.45) is 4.75. The highest BCUT2D eigenvalue weighted by atomic mass is 16.2. The molecule has 1 aromatic heterocycles. The fraction of sp³-hybridized carbons (Fsp3) is 0.640. The molecule has 0 aliphatic carbocycles. The van der Waals surface area contributed by atoms with Crippen LogP contribution in [0.15, 0.2) is 12.5 Å². The van der Waals surface area contributed by atoms with E-state index in [9.17, 15) is 28.8 Å². The normalized spacial score (nSPS) is 18.5. The summed E-state index contributed by atoms with van der Waals surface area (Å²) >= 11 is 0. The Morgan fingerprint density at radius 1 is 1.05 bits per heavy atom. The molecule has 15 nitrogen and oxygen atoms in total. The molecule has 6 amide bonds. The van der Waals surface area contributed by atoms with E-state index in [4.69, 9.17) is 11.5 Å². The predicted molar refractivity (Wildman–Crippen MR) is 144 cm³/mol. The molecule has 2 rings (SSSR count). The molecule has 0 spiro atoms. The lowest BCUT2D eigenvalue weighted by Crippen LogP contribution is -2.58. The van der Waals surface area contributed by atoms with Crippen molar-refractivity contribution in [3.63, 3.8) is 0 Å². The molecule has 6 atom stereocenters. The van der Waals surface area contributed by atoms with Crippen molar-refractivity contribution in [1.29, 1.82) is 0 Å². The SMILES string of the molecule is CCC(C)C(NC(=O)C1CCCN1C(=O)CNC(=O)C(C)NC(=O)C(N)Cc1cnc[nH]1)C(=O)NC(C)C(N)=O. The Kier molecular flexibility index (Phi) is 12.0.